The lowest BCUT2D eigenvalue weighted by Crippen LogP contribution is -2.28. The Kier molecular flexibility index (Phi) is 4.16. The summed E-state index contributed by atoms with van der Waals surface area (Å²) in [6.07, 6.45) is 0. The van der Waals surface area contributed by atoms with E-state index in [1.165, 1.54) is 0 Å². The molecule has 1 aromatic carbocycles. The van der Waals surface area contributed by atoms with E-state index in [4.69, 9.17) is 0 Å². The molecular formula is C17H19N5O2. The normalized spacial score (nSPS) is 11.0. The molecule has 124 valence electrons. The molecule has 0 saturated heterocycles. The number of hydrogen-bond acceptors (Lipinski definition) is 4. The molecular weight excluding hydrogens is 306 g/mol. The van der Waals surface area contributed by atoms with E-state index in [-0.39, 0.29) is 11.4 Å². The minimum absolute atomic E-state index is 0.0110. The maximum atomic E-state index is 12.3. The summed E-state index contributed by atoms with van der Waals surface area (Å²) in [5.41, 5.74) is 3.06. The predicted octanol–water partition coefficient (Wildman–Crippen LogP) is 1.69. The van der Waals surface area contributed by atoms with E-state index in [1.54, 1.807) is 24.3 Å². The Morgan fingerprint density at radius 3 is 2.75 bits per heavy atom. The third-order valence-corrected chi connectivity index (χ3v) is 4.08. The van der Waals surface area contributed by atoms with E-state index >= 15 is 0 Å². The highest BCUT2D eigenvalue weighted by molar-refractivity contribution is 5.92. The number of carbonyl (C=O) groups is 1. The predicted molar refractivity (Wildman–Crippen MR) is 90.9 cm³/mol. The van der Waals surface area contributed by atoms with Crippen LogP contribution in [-0.4, -0.2) is 25.7 Å². The van der Waals surface area contributed by atoms with Crippen molar-refractivity contribution in [2.24, 2.45) is 0 Å². The van der Waals surface area contributed by atoms with Crippen molar-refractivity contribution >= 4 is 16.8 Å². The number of nitrogens with zero attached hydrogens (tertiary/aromatic N) is 3. The number of fused-ring (bicyclic) bond motifs is 1. The van der Waals surface area contributed by atoms with E-state index in [0.717, 1.165) is 23.5 Å². The van der Waals surface area contributed by atoms with Crippen LogP contribution in [0.3, 0.4) is 0 Å². The number of para-hydroxylation sites is 1. The van der Waals surface area contributed by atoms with E-state index in [1.807, 2.05) is 25.5 Å². The Bertz CT molecular complexity index is 971. The van der Waals surface area contributed by atoms with Crippen molar-refractivity contribution in [3.8, 4) is 0 Å². The minimum atomic E-state index is -0.416. The van der Waals surface area contributed by atoms with Crippen LogP contribution in [0.5, 0.6) is 0 Å². The fourth-order valence-corrected chi connectivity index (χ4v) is 2.74. The maximum absolute atomic E-state index is 12.3. The van der Waals surface area contributed by atoms with Gasteiger partial charge in [0, 0.05) is 24.3 Å². The van der Waals surface area contributed by atoms with Gasteiger partial charge in [-0.1, -0.05) is 12.1 Å². The topological polar surface area (TPSA) is 92.7 Å². The van der Waals surface area contributed by atoms with E-state index in [2.05, 4.69) is 20.4 Å². The second-order valence-corrected chi connectivity index (χ2v) is 5.58. The second-order valence-electron chi connectivity index (χ2n) is 5.58. The number of carbonyl (C=O) groups excluding carboxylic acids is 1. The van der Waals surface area contributed by atoms with Gasteiger partial charge in [-0.05, 0) is 32.9 Å². The lowest BCUT2D eigenvalue weighted by atomic mass is 10.2. The SMILES string of the molecule is CCn1nc(C)c(CNC(=O)c2nc3ccccc3c(=O)[nH]2)c1C. The van der Waals surface area contributed by atoms with Crippen molar-refractivity contribution in [1.29, 1.82) is 0 Å². The Hall–Kier alpha value is -2.96. The quantitative estimate of drug-likeness (QED) is 0.763. The monoisotopic (exact) mass is 325 g/mol. The zero-order valence-electron chi connectivity index (χ0n) is 13.9. The standard InChI is InChI=1S/C17H19N5O2/c1-4-22-11(3)13(10(2)21-22)9-18-17(24)15-19-14-8-6-5-7-12(14)16(23)20-15/h5-8H,4,9H2,1-3H3,(H,18,24)(H,19,20,23). The molecule has 2 aromatic heterocycles. The molecule has 0 radical (unpaired) electrons. The first-order valence-electron chi connectivity index (χ1n) is 7.81. The van der Waals surface area contributed by atoms with Crippen LogP contribution in [0.1, 0.15) is 34.5 Å². The molecule has 3 aromatic rings. The minimum Gasteiger partial charge on any atom is -0.345 e. The van der Waals surface area contributed by atoms with Crippen molar-refractivity contribution in [1.82, 2.24) is 25.1 Å². The van der Waals surface area contributed by atoms with Gasteiger partial charge in [0.15, 0.2) is 5.82 Å². The number of aromatic nitrogens is 4. The van der Waals surface area contributed by atoms with Crippen LogP contribution >= 0.6 is 0 Å². The summed E-state index contributed by atoms with van der Waals surface area (Å²) >= 11 is 0. The smallest absolute Gasteiger partial charge is 0.287 e. The lowest BCUT2D eigenvalue weighted by Gasteiger charge is -2.06. The summed E-state index contributed by atoms with van der Waals surface area (Å²) in [4.78, 5) is 31.1. The average molecular weight is 325 g/mol. The van der Waals surface area contributed by atoms with E-state index < -0.39 is 5.91 Å². The zero-order chi connectivity index (χ0) is 17.3. The van der Waals surface area contributed by atoms with Gasteiger partial charge >= 0.3 is 0 Å². The Balaban J connectivity index is 1.83. The summed E-state index contributed by atoms with van der Waals surface area (Å²) in [7, 11) is 0. The van der Waals surface area contributed by atoms with Crippen LogP contribution in [-0.2, 0) is 13.1 Å². The molecule has 0 bridgehead atoms. The molecule has 0 saturated carbocycles. The summed E-state index contributed by atoms with van der Waals surface area (Å²) in [5.74, 6) is -0.405. The van der Waals surface area contributed by atoms with Crippen LogP contribution in [0, 0.1) is 13.8 Å². The van der Waals surface area contributed by atoms with Gasteiger partial charge in [-0.25, -0.2) is 4.98 Å². The lowest BCUT2D eigenvalue weighted by molar-refractivity contribution is 0.0940. The summed E-state index contributed by atoms with van der Waals surface area (Å²) in [6.45, 7) is 7.02. The zero-order valence-corrected chi connectivity index (χ0v) is 13.9. The van der Waals surface area contributed by atoms with Crippen LogP contribution < -0.4 is 10.9 Å². The number of aryl methyl sites for hydroxylation is 2. The molecule has 2 N–H and O–H groups in total. The van der Waals surface area contributed by atoms with Gasteiger partial charge in [0.25, 0.3) is 11.5 Å². The van der Waals surface area contributed by atoms with Crippen LogP contribution in [0.4, 0.5) is 0 Å². The Morgan fingerprint density at radius 1 is 1.29 bits per heavy atom. The van der Waals surface area contributed by atoms with Crippen LogP contribution in [0.15, 0.2) is 29.1 Å². The first-order chi connectivity index (χ1) is 11.5. The van der Waals surface area contributed by atoms with E-state index in [9.17, 15) is 9.59 Å². The molecule has 1 amide bonds. The number of H-pyrrole nitrogens is 1. The third kappa shape index (κ3) is 2.80. The van der Waals surface area contributed by atoms with Crippen molar-refractivity contribution in [3.05, 3.63) is 57.4 Å². The molecule has 0 aliphatic rings. The van der Waals surface area contributed by atoms with Gasteiger partial charge < -0.3 is 10.3 Å². The fraction of sp³-hybridized carbons (Fsp3) is 0.294. The highest BCUT2D eigenvalue weighted by Gasteiger charge is 2.14. The first kappa shape index (κ1) is 15.9. The van der Waals surface area contributed by atoms with Gasteiger partial charge in [-0.3, -0.25) is 14.3 Å². The number of aromatic amines is 1. The number of rotatable bonds is 4. The Morgan fingerprint density at radius 2 is 2.04 bits per heavy atom. The van der Waals surface area contributed by atoms with E-state index in [0.29, 0.717) is 17.4 Å². The molecule has 0 unspecified atom stereocenters. The van der Waals surface area contributed by atoms with Gasteiger partial charge in [0.2, 0.25) is 0 Å². The molecule has 24 heavy (non-hydrogen) atoms. The fourth-order valence-electron chi connectivity index (χ4n) is 2.74. The average Bonchev–Trinajstić information content (AvgIpc) is 2.86. The molecule has 7 heteroatoms. The number of nitrogens with one attached hydrogen (secondary N) is 2. The van der Waals surface area contributed by atoms with Crippen molar-refractivity contribution < 1.29 is 4.79 Å². The molecule has 2 heterocycles. The molecule has 0 atom stereocenters. The third-order valence-electron chi connectivity index (χ3n) is 4.08. The number of amides is 1. The van der Waals surface area contributed by atoms with Crippen molar-refractivity contribution in [3.63, 3.8) is 0 Å². The van der Waals surface area contributed by atoms with Crippen molar-refractivity contribution in [2.75, 3.05) is 0 Å². The molecule has 7 nitrogen and oxygen atoms in total. The molecule has 0 spiro atoms. The largest absolute Gasteiger partial charge is 0.345 e. The first-order valence-corrected chi connectivity index (χ1v) is 7.81. The molecule has 0 fully saturated rings. The Labute approximate surface area is 138 Å². The van der Waals surface area contributed by atoms with Gasteiger partial charge in [-0.2, -0.15) is 5.10 Å². The second kappa shape index (κ2) is 6.27. The summed E-state index contributed by atoms with van der Waals surface area (Å²) in [6, 6.07) is 6.92. The number of benzene rings is 1. The summed E-state index contributed by atoms with van der Waals surface area (Å²) in [5, 5.41) is 7.69. The highest BCUT2D eigenvalue weighted by Crippen LogP contribution is 2.13. The van der Waals surface area contributed by atoms with Crippen LogP contribution in [0.25, 0.3) is 10.9 Å². The van der Waals surface area contributed by atoms with Crippen molar-refractivity contribution in [2.45, 2.75) is 33.9 Å². The highest BCUT2D eigenvalue weighted by atomic mass is 16.2. The van der Waals surface area contributed by atoms with Gasteiger partial charge in [-0.15, -0.1) is 0 Å². The summed E-state index contributed by atoms with van der Waals surface area (Å²) < 4.78 is 1.90. The van der Waals surface area contributed by atoms with Gasteiger partial charge in [0.05, 0.1) is 16.6 Å². The molecule has 0 aliphatic heterocycles. The maximum Gasteiger partial charge on any atom is 0.287 e. The van der Waals surface area contributed by atoms with Crippen LogP contribution in [0.2, 0.25) is 0 Å². The number of hydrogen-bond donors (Lipinski definition) is 2. The molecule has 3 rings (SSSR count). The van der Waals surface area contributed by atoms with Gasteiger partial charge in [0.1, 0.15) is 0 Å². The molecule has 0 aliphatic carbocycles.